The molecule has 0 radical (unpaired) electrons. The molecule has 0 saturated heterocycles. The Morgan fingerprint density at radius 1 is 1.19 bits per heavy atom. The quantitative estimate of drug-likeness (QED) is 0.903. The Balaban J connectivity index is 2.59. The summed E-state index contributed by atoms with van der Waals surface area (Å²) in [6.07, 6.45) is 0. The Bertz CT molecular complexity index is 659. The minimum absolute atomic E-state index is 0.238. The van der Waals surface area contributed by atoms with Gasteiger partial charge in [-0.25, -0.2) is 0 Å². The van der Waals surface area contributed by atoms with E-state index in [1.165, 1.54) is 5.56 Å². The molecule has 2 aromatic carbocycles. The number of rotatable bonds is 5. The van der Waals surface area contributed by atoms with Crippen LogP contribution in [0.25, 0.3) is 11.1 Å². The summed E-state index contributed by atoms with van der Waals surface area (Å²) in [6, 6.07) is 16.2. The molecule has 0 spiro atoms. The maximum absolute atomic E-state index is 9.13. The van der Waals surface area contributed by atoms with Gasteiger partial charge in [0, 0.05) is 11.6 Å². The van der Waals surface area contributed by atoms with Crippen LogP contribution < -0.4 is 10.1 Å². The molecule has 0 bridgehead atoms. The van der Waals surface area contributed by atoms with Crippen LogP contribution in [0.5, 0.6) is 5.75 Å². The van der Waals surface area contributed by atoms with Gasteiger partial charge in [-0.2, -0.15) is 5.26 Å². The summed E-state index contributed by atoms with van der Waals surface area (Å²) in [5, 5.41) is 12.6. The van der Waals surface area contributed by atoms with Crippen molar-refractivity contribution in [1.82, 2.24) is 5.32 Å². The van der Waals surface area contributed by atoms with E-state index < -0.39 is 0 Å². The minimum atomic E-state index is 0.238. The van der Waals surface area contributed by atoms with Crippen molar-refractivity contribution < 1.29 is 4.74 Å². The summed E-state index contributed by atoms with van der Waals surface area (Å²) >= 11 is 0. The molecule has 1 unspecified atom stereocenters. The van der Waals surface area contributed by atoms with Gasteiger partial charge in [0.2, 0.25) is 0 Å². The molecule has 0 fully saturated rings. The Kier molecular flexibility index (Phi) is 4.97. The van der Waals surface area contributed by atoms with Crippen molar-refractivity contribution in [2.75, 3.05) is 13.7 Å². The third kappa shape index (κ3) is 3.24. The smallest absolute Gasteiger partial charge is 0.126 e. The lowest BCUT2D eigenvalue weighted by Gasteiger charge is -2.19. The van der Waals surface area contributed by atoms with Gasteiger partial charge in [-0.15, -0.1) is 0 Å². The Hall–Kier alpha value is -2.31. The first-order chi connectivity index (χ1) is 10.2. The van der Waals surface area contributed by atoms with Crippen molar-refractivity contribution in [2.24, 2.45) is 0 Å². The Labute approximate surface area is 126 Å². The lowest BCUT2D eigenvalue weighted by Crippen LogP contribution is -2.18. The first kappa shape index (κ1) is 15.1. The highest BCUT2D eigenvalue weighted by atomic mass is 16.5. The number of nitrogens with zero attached hydrogens (tertiary/aromatic N) is 1. The van der Waals surface area contributed by atoms with Crippen molar-refractivity contribution in [1.29, 1.82) is 5.26 Å². The van der Waals surface area contributed by atoms with Crippen LogP contribution in [0, 0.1) is 11.3 Å². The highest BCUT2D eigenvalue weighted by Gasteiger charge is 2.14. The van der Waals surface area contributed by atoms with Crippen LogP contribution in [0.2, 0.25) is 0 Å². The molecule has 2 aromatic rings. The molecule has 3 heteroatoms. The van der Waals surface area contributed by atoms with Crippen LogP contribution in [-0.2, 0) is 0 Å². The molecule has 0 saturated carbocycles. The topological polar surface area (TPSA) is 45.0 Å². The van der Waals surface area contributed by atoms with E-state index >= 15 is 0 Å². The van der Waals surface area contributed by atoms with E-state index in [-0.39, 0.29) is 6.04 Å². The first-order valence-corrected chi connectivity index (χ1v) is 7.12. The maximum atomic E-state index is 9.13. The van der Waals surface area contributed by atoms with Gasteiger partial charge in [-0.05, 0) is 42.8 Å². The molecule has 2 rings (SSSR count). The molecule has 0 amide bonds. The zero-order chi connectivity index (χ0) is 15.2. The van der Waals surface area contributed by atoms with Crippen molar-refractivity contribution in [2.45, 2.75) is 19.9 Å². The Morgan fingerprint density at radius 3 is 2.62 bits per heavy atom. The van der Waals surface area contributed by atoms with Gasteiger partial charge < -0.3 is 10.1 Å². The van der Waals surface area contributed by atoms with Crippen LogP contribution >= 0.6 is 0 Å². The van der Waals surface area contributed by atoms with E-state index in [4.69, 9.17) is 10.00 Å². The fourth-order valence-electron chi connectivity index (χ4n) is 2.52. The van der Waals surface area contributed by atoms with E-state index in [9.17, 15) is 0 Å². The molecular weight excluding hydrogens is 260 g/mol. The fourth-order valence-corrected chi connectivity index (χ4v) is 2.52. The summed E-state index contributed by atoms with van der Waals surface area (Å²) in [5.41, 5.74) is 3.89. The molecule has 0 aliphatic carbocycles. The third-order valence-electron chi connectivity index (χ3n) is 3.56. The maximum Gasteiger partial charge on any atom is 0.126 e. The number of nitrogens with one attached hydrogen (secondary N) is 1. The van der Waals surface area contributed by atoms with E-state index in [1.54, 1.807) is 13.2 Å². The molecule has 0 heterocycles. The number of hydrogen-bond acceptors (Lipinski definition) is 3. The zero-order valence-electron chi connectivity index (χ0n) is 12.7. The molecule has 0 aliphatic heterocycles. The highest BCUT2D eigenvalue weighted by Crippen LogP contribution is 2.35. The zero-order valence-corrected chi connectivity index (χ0v) is 12.7. The summed E-state index contributed by atoms with van der Waals surface area (Å²) in [5.74, 6) is 0.783. The van der Waals surface area contributed by atoms with Crippen molar-refractivity contribution >= 4 is 0 Å². The molecule has 21 heavy (non-hydrogen) atoms. The van der Waals surface area contributed by atoms with E-state index in [0.29, 0.717) is 5.56 Å². The number of ether oxygens (including phenoxy) is 1. The highest BCUT2D eigenvalue weighted by molar-refractivity contribution is 5.75. The largest absolute Gasteiger partial charge is 0.496 e. The molecule has 0 aliphatic rings. The van der Waals surface area contributed by atoms with Gasteiger partial charge in [0.15, 0.2) is 0 Å². The number of nitriles is 1. The van der Waals surface area contributed by atoms with Crippen LogP contribution in [0.1, 0.15) is 31.0 Å². The van der Waals surface area contributed by atoms with Gasteiger partial charge in [-0.3, -0.25) is 0 Å². The lowest BCUT2D eigenvalue weighted by atomic mass is 9.94. The number of benzene rings is 2. The fraction of sp³-hybridized carbons (Fsp3) is 0.278. The van der Waals surface area contributed by atoms with Gasteiger partial charge in [-0.1, -0.05) is 31.2 Å². The third-order valence-corrected chi connectivity index (χ3v) is 3.56. The van der Waals surface area contributed by atoms with Gasteiger partial charge >= 0.3 is 0 Å². The summed E-state index contributed by atoms with van der Waals surface area (Å²) in [7, 11) is 1.65. The number of hydrogen-bond donors (Lipinski definition) is 1. The molecule has 3 nitrogen and oxygen atoms in total. The van der Waals surface area contributed by atoms with Crippen LogP contribution in [-0.4, -0.2) is 13.7 Å². The van der Waals surface area contributed by atoms with Crippen molar-refractivity contribution in [3.63, 3.8) is 0 Å². The van der Waals surface area contributed by atoms with Crippen LogP contribution in [0.4, 0.5) is 0 Å². The Morgan fingerprint density at radius 2 is 1.95 bits per heavy atom. The predicted molar refractivity (Wildman–Crippen MR) is 85.2 cm³/mol. The van der Waals surface area contributed by atoms with E-state index in [2.05, 4.69) is 37.4 Å². The lowest BCUT2D eigenvalue weighted by molar-refractivity contribution is 0.416. The second kappa shape index (κ2) is 6.92. The van der Waals surface area contributed by atoms with Gasteiger partial charge in [0.05, 0.1) is 18.7 Å². The average Bonchev–Trinajstić information content (AvgIpc) is 2.54. The van der Waals surface area contributed by atoms with Crippen molar-refractivity contribution in [3.05, 3.63) is 53.6 Å². The van der Waals surface area contributed by atoms with Crippen molar-refractivity contribution in [3.8, 4) is 22.9 Å². The first-order valence-electron chi connectivity index (χ1n) is 7.12. The van der Waals surface area contributed by atoms with E-state index in [0.717, 1.165) is 23.4 Å². The minimum Gasteiger partial charge on any atom is -0.496 e. The molecule has 1 N–H and O–H groups in total. The standard InChI is InChI=1S/C18H20N2O/c1-4-20-13(2)15-7-5-6-8-16(15)17-11-14(12-19)9-10-18(17)21-3/h5-11,13,20H,4H2,1-3H3. The molecule has 0 aromatic heterocycles. The average molecular weight is 280 g/mol. The normalized spacial score (nSPS) is 11.7. The number of methoxy groups -OCH3 is 1. The van der Waals surface area contributed by atoms with Crippen LogP contribution in [0.3, 0.4) is 0 Å². The van der Waals surface area contributed by atoms with Gasteiger partial charge in [0.25, 0.3) is 0 Å². The predicted octanol–water partition coefficient (Wildman–Crippen LogP) is 3.90. The molecule has 108 valence electrons. The summed E-state index contributed by atoms with van der Waals surface area (Å²) in [6.45, 7) is 5.14. The summed E-state index contributed by atoms with van der Waals surface area (Å²) in [4.78, 5) is 0. The summed E-state index contributed by atoms with van der Waals surface area (Å²) < 4.78 is 5.46. The second-order valence-electron chi connectivity index (χ2n) is 4.89. The van der Waals surface area contributed by atoms with Crippen LogP contribution in [0.15, 0.2) is 42.5 Å². The van der Waals surface area contributed by atoms with Gasteiger partial charge in [0.1, 0.15) is 5.75 Å². The molecular formula is C18H20N2O. The monoisotopic (exact) mass is 280 g/mol. The molecule has 1 atom stereocenters. The second-order valence-corrected chi connectivity index (χ2v) is 4.89. The SMILES string of the molecule is CCNC(C)c1ccccc1-c1cc(C#N)ccc1OC. The van der Waals surface area contributed by atoms with E-state index in [1.807, 2.05) is 24.3 Å².